The molecule has 1 aromatic carbocycles. The predicted octanol–water partition coefficient (Wildman–Crippen LogP) is 4.83. The number of aromatic nitrogens is 1. The highest BCUT2D eigenvalue weighted by molar-refractivity contribution is 5.84. The Labute approximate surface area is 110 Å². The third-order valence-corrected chi connectivity index (χ3v) is 2.96. The molecule has 0 fully saturated rings. The number of benzene rings is 1. The van der Waals surface area contributed by atoms with Crippen molar-refractivity contribution in [2.75, 3.05) is 0 Å². The number of halogens is 6. The molecule has 0 bridgehead atoms. The lowest BCUT2D eigenvalue weighted by atomic mass is 9.98. The summed E-state index contributed by atoms with van der Waals surface area (Å²) in [5.41, 5.74) is -2.42. The van der Waals surface area contributed by atoms with Crippen LogP contribution in [0.25, 0.3) is 10.9 Å². The molecule has 0 saturated carbocycles. The van der Waals surface area contributed by atoms with Crippen molar-refractivity contribution in [3.63, 3.8) is 0 Å². The zero-order chi connectivity index (χ0) is 15.1. The van der Waals surface area contributed by atoms with Crippen molar-refractivity contribution in [1.29, 1.82) is 0 Å². The quantitative estimate of drug-likeness (QED) is 0.686. The van der Waals surface area contributed by atoms with Crippen LogP contribution >= 0.6 is 0 Å². The van der Waals surface area contributed by atoms with Gasteiger partial charge in [-0.05, 0) is 30.2 Å². The molecule has 0 N–H and O–H groups in total. The molecule has 1 nitrogen and oxygen atoms in total. The molecule has 0 aliphatic carbocycles. The first-order valence-electron chi connectivity index (χ1n) is 5.70. The van der Waals surface area contributed by atoms with Crippen molar-refractivity contribution in [3.05, 3.63) is 41.1 Å². The Balaban J connectivity index is 2.81. The van der Waals surface area contributed by atoms with Crippen LogP contribution in [0.2, 0.25) is 0 Å². The van der Waals surface area contributed by atoms with E-state index in [0.29, 0.717) is 6.07 Å². The number of rotatable bonds is 1. The summed E-state index contributed by atoms with van der Waals surface area (Å²) >= 11 is 0. The van der Waals surface area contributed by atoms with Gasteiger partial charge in [0.05, 0.1) is 16.6 Å². The molecule has 7 heteroatoms. The van der Waals surface area contributed by atoms with Gasteiger partial charge >= 0.3 is 12.4 Å². The Morgan fingerprint density at radius 1 is 0.950 bits per heavy atom. The molecule has 0 aliphatic rings. The van der Waals surface area contributed by atoms with Crippen molar-refractivity contribution in [2.45, 2.75) is 25.7 Å². The smallest absolute Gasteiger partial charge is 0.256 e. The predicted molar refractivity (Wildman–Crippen MR) is 61.1 cm³/mol. The van der Waals surface area contributed by atoms with Gasteiger partial charge in [-0.3, -0.25) is 4.98 Å². The maximum absolute atomic E-state index is 12.8. The molecule has 1 heterocycles. The fraction of sp³-hybridized carbons (Fsp3) is 0.308. The Kier molecular flexibility index (Phi) is 3.39. The third kappa shape index (κ3) is 2.57. The number of alkyl halides is 6. The van der Waals surface area contributed by atoms with Crippen LogP contribution in [0.15, 0.2) is 24.4 Å². The maximum atomic E-state index is 12.8. The number of hydrogen-bond acceptors (Lipinski definition) is 1. The van der Waals surface area contributed by atoms with Crippen LogP contribution in [-0.2, 0) is 18.8 Å². The highest BCUT2D eigenvalue weighted by Gasteiger charge is 2.36. The van der Waals surface area contributed by atoms with E-state index in [1.54, 1.807) is 0 Å². The molecule has 0 aliphatic heterocycles. The van der Waals surface area contributed by atoms with Gasteiger partial charge in [0.2, 0.25) is 0 Å². The molecule has 2 aromatic rings. The zero-order valence-electron chi connectivity index (χ0n) is 10.2. The van der Waals surface area contributed by atoms with E-state index in [-0.39, 0.29) is 22.9 Å². The van der Waals surface area contributed by atoms with E-state index in [1.165, 1.54) is 6.92 Å². The van der Waals surface area contributed by atoms with Crippen molar-refractivity contribution in [1.82, 2.24) is 4.98 Å². The monoisotopic (exact) mass is 293 g/mol. The van der Waals surface area contributed by atoms with Gasteiger partial charge in [0.1, 0.15) is 0 Å². The minimum Gasteiger partial charge on any atom is -0.256 e. The first-order valence-corrected chi connectivity index (χ1v) is 5.70. The number of hydrogen-bond donors (Lipinski definition) is 0. The zero-order valence-corrected chi connectivity index (χ0v) is 10.2. The summed E-state index contributed by atoms with van der Waals surface area (Å²) in [7, 11) is 0. The van der Waals surface area contributed by atoms with E-state index in [2.05, 4.69) is 4.98 Å². The molecule has 0 radical (unpaired) electrons. The summed E-state index contributed by atoms with van der Waals surface area (Å²) in [5.74, 6) is 0. The second-order valence-corrected chi connectivity index (χ2v) is 4.23. The van der Waals surface area contributed by atoms with Gasteiger partial charge in [-0.2, -0.15) is 26.3 Å². The molecule has 0 saturated heterocycles. The van der Waals surface area contributed by atoms with Crippen LogP contribution in [0.3, 0.4) is 0 Å². The average molecular weight is 293 g/mol. The lowest BCUT2D eigenvalue weighted by Gasteiger charge is -2.15. The Bertz CT molecular complexity index is 642. The highest BCUT2D eigenvalue weighted by Crippen LogP contribution is 2.38. The van der Waals surface area contributed by atoms with E-state index in [4.69, 9.17) is 0 Å². The Hall–Kier alpha value is -1.79. The third-order valence-electron chi connectivity index (χ3n) is 2.96. The van der Waals surface area contributed by atoms with E-state index < -0.39 is 23.5 Å². The maximum Gasteiger partial charge on any atom is 0.417 e. The second kappa shape index (κ2) is 4.64. The summed E-state index contributed by atoms with van der Waals surface area (Å²) < 4.78 is 77.1. The molecular weight excluding hydrogens is 284 g/mol. The summed E-state index contributed by atoms with van der Waals surface area (Å²) in [5, 5.41) is -0.315. The van der Waals surface area contributed by atoms with Crippen molar-refractivity contribution < 1.29 is 26.3 Å². The van der Waals surface area contributed by atoms with Crippen molar-refractivity contribution in [2.24, 2.45) is 0 Å². The number of nitrogens with zero attached hydrogens (tertiary/aromatic N) is 1. The topological polar surface area (TPSA) is 12.9 Å². The van der Waals surface area contributed by atoms with Gasteiger partial charge in [-0.15, -0.1) is 0 Å². The summed E-state index contributed by atoms with van der Waals surface area (Å²) in [4.78, 5) is 3.60. The second-order valence-electron chi connectivity index (χ2n) is 4.23. The summed E-state index contributed by atoms with van der Waals surface area (Å²) in [6.45, 7) is 1.46. The molecule has 0 unspecified atom stereocenters. The number of aryl methyl sites for hydroxylation is 1. The fourth-order valence-electron chi connectivity index (χ4n) is 2.04. The summed E-state index contributed by atoms with van der Waals surface area (Å²) in [6, 6.07) is 2.35. The van der Waals surface area contributed by atoms with Gasteiger partial charge in [-0.25, -0.2) is 0 Å². The van der Waals surface area contributed by atoms with Crippen LogP contribution in [0.5, 0.6) is 0 Å². The van der Waals surface area contributed by atoms with Gasteiger partial charge in [0.15, 0.2) is 0 Å². The van der Waals surface area contributed by atoms with Crippen LogP contribution in [0, 0.1) is 0 Å². The van der Waals surface area contributed by atoms with Crippen LogP contribution in [-0.4, -0.2) is 4.98 Å². The molecule has 108 valence electrons. The first kappa shape index (κ1) is 14.6. The number of pyridine rings is 1. The molecule has 0 atom stereocenters. The molecule has 1 aromatic heterocycles. The molecular formula is C13H9F6N. The average Bonchev–Trinajstić information content (AvgIpc) is 2.34. The van der Waals surface area contributed by atoms with Crippen molar-refractivity contribution >= 4 is 10.9 Å². The van der Waals surface area contributed by atoms with E-state index in [1.807, 2.05) is 0 Å². The minimum absolute atomic E-state index is 0.0169. The highest BCUT2D eigenvalue weighted by atomic mass is 19.4. The molecule has 0 spiro atoms. The minimum atomic E-state index is -4.63. The van der Waals surface area contributed by atoms with E-state index in [9.17, 15) is 26.3 Å². The largest absolute Gasteiger partial charge is 0.417 e. The van der Waals surface area contributed by atoms with Gasteiger partial charge in [0, 0.05) is 11.6 Å². The van der Waals surface area contributed by atoms with Crippen LogP contribution in [0.4, 0.5) is 26.3 Å². The van der Waals surface area contributed by atoms with E-state index >= 15 is 0 Å². The Morgan fingerprint density at radius 3 is 2.05 bits per heavy atom. The molecule has 20 heavy (non-hydrogen) atoms. The molecule has 0 amide bonds. The van der Waals surface area contributed by atoms with Crippen molar-refractivity contribution in [3.8, 4) is 0 Å². The van der Waals surface area contributed by atoms with Crippen LogP contribution < -0.4 is 0 Å². The number of fused-ring (bicyclic) bond motifs is 1. The lowest BCUT2D eigenvalue weighted by molar-refractivity contribution is -0.138. The first-order chi connectivity index (χ1) is 9.14. The van der Waals surface area contributed by atoms with Crippen LogP contribution in [0.1, 0.15) is 23.6 Å². The SMILES string of the molecule is CCc1cc2c(C(F)(F)F)ccnc2cc1C(F)(F)F. The van der Waals surface area contributed by atoms with E-state index in [0.717, 1.165) is 18.3 Å². The summed E-state index contributed by atoms with van der Waals surface area (Å²) in [6.07, 6.45) is -8.41. The lowest BCUT2D eigenvalue weighted by Crippen LogP contribution is -2.11. The standard InChI is InChI=1S/C13H9F6N/c1-2-7-5-8-9(12(14,15)16)3-4-20-11(8)6-10(7)13(17,18)19/h3-6H,2H2,1H3. The molecule has 2 rings (SSSR count). The fourth-order valence-corrected chi connectivity index (χ4v) is 2.04. The Morgan fingerprint density at radius 2 is 1.55 bits per heavy atom. The van der Waals surface area contributed by atoms with Gasteiger partial charge in [-0.1, -0.05) is 6.92 Å². The van der Waals surface area contributed by atoms with Gasteiger partial charge < -0.3 is 0 Å². The van der Waals surface area contributed by atoms with Gasteiger partial charge in [0.25, 0.3) is 0 Å². The normalized spacial score (nSPS) is 12.9.